The molecule has 1 amide bonds. The average Bonchev–Trinajstić information content (AvgIpc) is 2.75. The van der Waals surface area contributed by atoms with Gasteiger partial charge in [-0.05, 0) is 31.0 Å². The number of carbonyl (C=O) groups excluding carboxylic acids is 1. The second-order valence-corrected chi connectivity index (χ2v) is 5.42. The van der Waals surface area contributed by atoms with Gasteiger partial charge in [0.05, 0.1) is 11.1 Å². The van der Waals surface area contributed by atoms with E-state index in [1.165, 1.54) is 0 Å². The lowest BCUT2D eigenvalue weighted by atomic mass is 10.2. The smallest absolute Gasteiger partial charge is 0.269 e. The molecule has 1 aromatic heterocycles. The molecule has 0 spiro atoms. The number of carbonyl (C=O) groups is 1. The first-order chi connectivity index (χ1) is 9.52. The molecule has 1 aromatic carbocycles. The number of H-pyrrole nitrogens is 1. The Bertz CT molecular complexity index is 625. The van der Waals surface area contributed by atoms with Gasteiger partial charge in [-0.15, -0.1) is 0 Å². The molecule has 20 heavy (non-hydrogen) atoms. The number of aliphatic hydroxyl groups is 1. The van der Waals surface area contributed by atoms with E-state index >= 15 is 0 Å². The predicted octanol–water partition coefficient (Wildman–Crippen LogP) is 3.37. The van der Waals surface area contributed by atoms with E-state index in [1.54, 1.807) is 18.2 Å². The Morgan fingerprint density at radius 2 is 2.20 bits per heavy atom. The van der Waals surface area contributed by atoms with Crippen LogP contribution in [0, 0.1) is 0 Å². The number of nitrogens with one attached hydrogen (secondary N) is 2. The van der Waals surface area contributed by atoms with E-state index < -0.39 is 6.10 Å². The maximum atomic E-state index is 12.0. The first-order valence-electron chi connectivity index (χ1n) is 6.46. The third-order valence-corrected chi connectivity index (χ3v) is 3.79. The number of halogens is 2. The molecule has 0 bridgehead atoms. The molecular weight excluding hydrogens is 299 g/mol. The molecule has 108 valence electrons. The molecule has 0 saturated heterocycles. The molecule has 3 N–H and O–H groups in total. The van der Waals surface area contributed by atoms with Crippen LogP contribution in [0.5, 0.6) is 0 Å². The summed E-state index contributed by atoms with van der Waals surface area (Å²) in [5, 5.41) is 13.8. The van der Waals surface area contributed by atoms with Crippen molar-refractivity contribution in [3.05, 3.63) is 33.9 Å². The zero-order valence-corrected chi connectivity index (χ0v) is 12.6. The molecule has 4 nitrogen and oxygen atoms in total. The zero-order chi connectivity index (χ0) is 14.7. The van der Waals surface area contributed by atoms with Crippen molar-refractivity contribution in [3.63, 3.8) is 0 Å². The van der Waals surface area contributed by atoms with Crippen LogP contribution in [-0.2, 0) is 0 Å². The fourth-order valence-electron chi connectivity index (χ4n) is 1.93. The molecule has 0 aliphatic carbocycles. The van der Waals surface area contributed by atoms with Crippen LogP contribution < -0.4 is 5.32 Å². The number of rotatable bonds is 5. The highest BCUT2D eigenvalue weighted by Crippen LogP contribution is 2.29. The SMILES string of the molecule is CCC(O)CCNC(=O)c1[nH]c2ccc(Cl)cc2c1Cl. The Morgan fingerprint density at radius 1 is 1.45 bits per heavy atom. The fraction of sp³-hybridized carbons (Fsp3) is 0.357. The Kier molecular flexibility index (Phi) is 4.91. The Labute approximate surface area is 127 Å². The van der Waals surface area contributed by atoms with Gasteiger partial charge in [0.25, 0.3) is 5.91 Å². The number of benzene rings is 1. The third kappa shape index (κ3) is 3.26. The molecule has 1 atom stereocenters. The summed E-state index contributed by atoms with van der Waals surface area (Å²) >= 11 is 12.1. The summed E-state index contributed by atoms with van der Waals surface area (Å²) < 4.78 is 0. The van der Waals surface area contributed by atoms with Crippen LogP contribution in [0.2, 0.25) is 10.0 Å². The number of aromatic nitrogens is 1. The molecule has 2 aromatic rings. The first kappa shape index (κ1) is 15.2. The van der Waals surface area contributed by atoms with Gasteiger partial charge in [-0.2, -0.15) is 0 Å². The van der Waals surface area contributed by atoms with Crippen molar-refractivity contribution in [2.45, 2.75) is 25.9 Å². The summed E-state index contributed by atoms with van der Waals surface area (Å²) in [6.45, 7) is 2.30. The van der Waals surface area contributed by atoms with Crippen LogP contribution in [0.15, 0.2) is 18.2 Å². The first-order valence-corrected chi connectivity index (χ1v) is 7.21. The highest BCUT2D eigenvalue weighted by molar-refractivity contribution is 6.39. The zero-order valence-electron chi connectivity index (χ0n) is 11.0. The summed E-state index contributed by atoms with van der Waals surface area (Å²) in [6.07, 6.45) is 0.792. The van der Waals surface area contributed by atoms with E-state index in [1.807, 2.05) is 6.92 Å². The topological polar surface area (TPSA) is 65.1 Å². The van der Waals surface area contributed by atoms with Gasteiger partial charge in [0.1, 0.15) is 5.69 Å². The Morgan fingerprint density at radius 3 is 2.90 bits per heavy atom. The third-order valence-electron chi connectivity index (χ3n) is 3.16. The van der Waals surface area contributed by atoms with Crippen molar-refractivity contribution >= 4 is 40.0 Å². The normalized spacial score (nSPS) is 12.6. The molecule has 0 fully saturated rings. The van der Waals surface area contributed by atoms with E-state index in [0.717, 1.165) is 10.9 Å². The van der Waals surface area contributed by atoms with Crippen molar-refractivity contribution in [2.24, 2.45) is 0 Å². The Balaban J connectivity index is 2.12. The van der Waals surface area contributed by atoms with Gasteiger partial charge in [-0.1, -0.05) is 30.1 Å². The molecule has 0 saturated carbocycles. The predicted molar refractivity (Wildman–Crippen MR) is 81.6 cm³/mol. The molecule has 2 rings (SSSR count). The van der Waals surface area contributed by atoms with Gasteiger partial charge in [0.15, 0.2) is 0 Å². The lowest BCUT2D eigenvalue weighted by Gasteiger charge is -2.08. The molecule has 0 radical (unpaired) electrons. The van der Waals surface area contributed by atoms with Crippen molar-refractivity contribution in [2.75, 3.05) is 6.54 Å². The molecule has 1 unspecified atom stereocenters. The van der Waals surface area contributed by atoms with E-state index in [-0.39, 0.29) is 5.91 Å². The van der Waals surface area contributed by atoms with Crippen molar-refractivity contribution in [1.82, 2.24) is 10.3 Å². The number of hydrogen-bond acceptors (Lipinski definition) is 2. The van der Waals surface area contributed by atoms with Crippen molar-refractivity contribution < 1.29 is 9.90 Å². The quantitative estimate of drug-likeness (QED) is 0.792. The van der Waals surface area contributed by atoms with E-state index in [4.69, 9.17) is 23.2 Å². The standard InChI is InChI=1S/C14H16Cl2N2O2/c1-2-9(19)5-6-17-14(20)13-12(16)10-7-8(15)3-4-11(10)18-13/h3-4,7,9,18-19H,2,5-6H2,1H3,(H,17,20). The number of aromatic amines is 1. The summed E-state index contributed by atoms with van der Waals surface area (Å²) in [7, 11) is 0. The Hall–Kier alpha value is -1.23. The van der Waals surface area contributed by atoms with Gasteiger partial charge in [-0.3, -0.25) is 4.79 Å². The maximum Gasteiger partial charge on any atom is 0.269 e. The van der Waals surface area contributed by atoms with Gasteiger partial charge in [0.2, 0.25) is 0 Å². The van der Waals surface area contributed by atoms with Crippen LogP contribution in [0.1, 0.15) is 30.3 Å². The number of aliphatic hydroxyl groups excluding tert-OH is 1. The van der Waals surface area contributed by atoms with Crippen LogP contribution in [0.25, 0.3) is 10.9 Å². The molecule has 1 heterocycles. The minimum absolute atomic E-state index is 0.286. The van der Waals surface area contributed by atoms with Gasteiger partial charge in [0, 0.05) is 22.5 Å². The molecule has 6 heteroatoms. The highest BCUT2D eigenvalue weighted by atomic mass is 35.5. The number of fused-ring (bicyclic) bond motifs is 1. The minimum atomic E-state index is -0.396. The molecular formula is C14H16Cl2N2O2. The second kappa shape index (κ2) is 6.48. The largest absolute Gasteiger partial charge is 0.393 e. The van der Waals surface area contributed by atoms with E-state index in [0.29, 0.717) is 35.1 Å². The number of amides is 1. The lowest BCUT2D eigenvalue weighted by Crippen LogP contribution is -2.27. The summed E-state index contributed by atoms with van der Waals surface area (Å²) in [6, 6.07) is 5.23. The molecule has 0 aliphatic rings. The van der Waals surface area contributed by atoms with Crippen LogP contribution in [0.4, 0.5) is 0 Å². The fourth-order valence-corrected chi connectivity index (χ4v) is 2.39. The monoisotopic (exact) mass is 314 g/mol. The van der Waals surface area contributed by atoms with E-state index in [9.17, 15) is 9.90 Å². The summed E-state index contributed by atoms with van der Waals surface area (Å²) in [5.74, 6) is -0.286. The van der Waals surface area contributed by atoms with Gasteiger partial charge >= 0.3 is 0 Å². The maximum absolute atomic E-state index is 12.0. The minimum Gasteiger partial charge on any atom is -0.393 e. The second-order valence-electron chi connectivity index (χ2n) is 4.61. The average molecular weight is 315 g/mol. The van der Waals surface area contributed by atoms with Crippen molar-refractivity contribution in [3.8, 4) is 0 Å². The van der Waals surface area contributed by atoms with Crippen LogP contribution in [0.3, 0.4) is 0 Å². The summed E-state index contributed by atoms with van der Waals surface area (Å²) in [4.78, 5) is 15.0. The highest BCUT2D eigenvalue weighted by Gasteiger charge is 2.16. The van der Waals surface area contributed by atoms with E-state index in [2.05, 4.69) is 10.3 Å². The summed E-state index contributed by atoms with van der Waals surface area (Å²) in [5.41, 5.74) is 1.08. The number of hydrogen-bond donors (Lipinski definition) is 3. The van der Waals surface area contributed by atoms with Crippen LogP contribution in [-0.4, -0.2) is 28.6 Å². The van der Waals surface area contributed by atoms with Crippen LogP contribution >= 0.6 is 23.2 Å². The lowest BCUT2D eigenvalue weighted by molar-refractivity contribution is 0.0938. The van der Waals surface area contributed by atoms with Gasteiger partial charge in [-0.25, -0.2) is 0 Å². The van der Waals surface area contributed by atoms with Crippen molar-refractivity contribution in [1.29, 1.82) is 0 Å². The van der Waals surface area contributed by atoms with Gasteiger partial charge < -0.3 is 15.4 Å². The molecule has 0 aliphatic heterocycles.